The number of carbonyl (C=O) groups is 3. The number of allylic oxidation sites excluding steroid dienone is 6. The number of quaternary nitrogens is 1. The topological polar surface area (TPSA) is 111 Å². The Morgan fingerprint density at radius 1 is 0.492 bits per heavy atom. The molecule has 0 aromatic heterocycles. The number of hydrogen-bond acceptors (Lipinski definition) is 8. The van der Waals surface area contributed by atoms with Gasteiger partial charge in [0, 0.05) is 12.8 Å². The van der Waals surface area contributed by atoms with Gasteiger partial charge in [-0.3, -0.25) is 9.59 Å². The lowest BCUT2D eigenvalue weighted by Crippen LogP contribution is -2.44. The summed E-state index contributed by atoms with van der Waals surface area (Å²) in [7, 11) is 5.91. The van der Waals surface area contributed by atoms with Gasteiger partial charge in [0.05, 0.1) is 40.3 Å². The Morgan fingerprint density at radius 2 is 0.885 bits per heavy atom. The number of carbonyl (C=O) groups excluding carboxylic acids is 3. The van der Waals surface area contributed by atoms with Gasteiger partial charge in [0.2, 0.25) is 0 Å². The Bertz CT molecular complexity index is 1100. The maximum Gasteiger partial charge on any atom is 0.306 e. The van der Waals surface area contributed by atoms with Crippen molar-refractivity contribution in [1.82, 2.24) is 0 Å². The summed E-state index contributed by atoms with van der Waals surface area (Å²) >= 11 is 0. The summed E-state index contributed by atoms with van der Waals surface area (Å²) in [6, 6.07) is 0. The molecule has 356 valence electrons. The van der Waals surface area contributed by atoms with Gasteiger partial charge in [0.25, 0.3) is 0 Å². The Hall–Kier alpha value is -2.49. The zero-order valence-electron chi connectivity index (χ0n) is 40.3. The van der Waals surface area contributed by atoms with Gasteiger partial charge in [-0.05, 0) is 70.6 Å². The van der Waals surface area contributed by atoms with E-state index in [1.807, 2.05) is 21.1 Å². The average Bonchev–Trinajstić information content (AvgIpc) is 3.22. The number of ether oxygens (including phenoxy) is 4. The molecule has 0 rings (SSSR count). The molecular weight excluding hydrogens is 767 g/mol. The highest BCUT2D eigenvalue weighted by molar-refractivity contribution is 5.70. The number of carboxylic acid groups (broad SMARTS) is 1. The monoisotopic (exact) mass is 862 g/mol. The van der Waals surface area contributed by atoms with E-state index in [0.717, 1.165) is 64.2 Å². The van der Waals surface area contributed by atoms with Crippen molar-refractivity contribution in [3.63, 3.8) is 0 Å². The van der Waals surface area contributed by atoms with Crippen molar-refractivity contribution in [3.8, 4) is 0 Å². The molecule has 0 fully saturated rings. The average molecular weight is 862 g/mol. The summed E-state index contributed by atoms with van der Waals surface area (Å²) in [5.41, 5.74) is 0. The van der Waals surface area contributed by atoms with Crippen LogP contribution in [0, 0.1) is 0 Å². The van der Waals surface area contributed by atoms with Crippen LogP contribution in [-0.2, 0) is 33.3 Å². The number of rotatable bonds is 46. The van der Waals surface area contributed by atoms with E-state index in [2.05, 4.69) is 50.3 Å². The van der Waals surface area contributed by atoms with Crippen LogP contribution >= 0.6 is 0 Å². The lowest BCUT2D eigenvalue weighted by molar-refractivity contribution is -0.870. The first-order valence-electron chi connectivity index (χ1n) is 25.1. The third-order valence-electron chi connectivity index (χ3n) is 10.9. The van der Waals surface area contributed by atoms with Crippen molar-refractivity contribution in [2.75, 3.05) is 47.5 Å². The normalized spacial score (nSPS) is 13.1. The van der Waals surface area contributed by atoms with Crippen molar-refractivity contribution in [2.45, 2.75) is 232 Å². The van der Waals surface area contributed by atoms with E-state index < -0.39 is 24.3 Å². The highest BCUT2D eigenvalue weighted by Crippen LogP contribution is 2.14. The fourth-order valence-electron chi connectivity index (χ4n) is 6.91. The van der Waals surface area contributed by atoms with Crippen molar-refractivity contribution in [1.29, 1.82) is 0 Å². The second-order valence-corrected chi connectivity index (χ2v) is 18.1. The van der Waals surface area contributed by atoms with Crippen LogP contribution in [0.25, 0.3) is 0 Å². The Morgan fingerprint density at radius 3 is 1.33 bits per heavy atom. The molecule has 0 aromatic carbocycles. The standard InChI is InChI=1S/C52H95NO8/c1-6-8-10-12-14-16-18-20-22-24-26-28-30-32-34-36-38-40-42-49(54)59-46-48(47-60-52(51(56)57)58-45-44-53(3,4)5)61-50(55)43-41-39-37-35-33-31-29-27-25-23-21-19-17-15-13-11-9-7-2/h17,19,22-25,48,52H,6-16,18,20-21,26-47H2,1-5H3/b19-17-,24-22-,25-23-. The molecule has 0 saturated carbocycles. The van der Waals surface area contributed by atoms with E-state index in [4.69, 9.17) is 18.9 Å². The van der Waals surface area contributed by atoms with Crippen LogP contribution in [0.5, 0.6) is 0 Å². The Labute approximate surface area is 375 Å². The molecule has 0 aliphatic carbocycles. The number of likely N-dealkylation sites (N-methyl/N-ethyl adjacent to an activating group) is 1. The van der Waals surface area contributed by atoms with Crippen LogP contribution in [0.4, 0.5) is 0 Å². The fraction of sp³-hybridized carbons (Fsp3) is 0.827. The zero-order chi connectivity index (χ0) is 44.9. The summed E-state index contributed by atoms with van der Waals surface area (Å²) in [5.74, 6) is -2.29. The fourth-order valence-corrected chi connectivity index (χ4v) is 6.91. The van der Waals surface area contributed by atoms with E-state index in [1.54, 1.807) is 0 Å². The molecule has 0 aromatic rings. The van der Waals surface area contributed by atoms with Crippen LogP contribution in [0.1, 0.15) is 219 Å². The molecule has 9 heteroatoms. The number of carboxylic acids is 1. The number of hydrogen-bond donors (Lipinski definition) is 0. The van der Waals surface area contributed by atoms with Gasteiger partial charge in [-0.25, -0.2) is 0 Å². The van der Waals surface area contributed by atoms with Crippen molar-refractivity contribution in [3.05, 3.63) is 36.5 Å². The van der Waals surface area contributed by atoms with Crippen molar-refractivity contribution >= 4 is 17.9 Å². The highest BCUT2D eigenvalue weighted by atomic mass is 16.7. The van der Waals surface area contributed by atoms with Gasteiger partial charge in [0.15, 0.2) is 12.4 Å². The molecule has 61 heavy (non-hydrogen) atoms. The SMILES string of the molecule is CCCCCC/C=C\C/C=C\CCCCCCCCCC(=O)OC(COC(=O)CCCCCCCCC/C=C\CCCCCCCCC)COC(OCC[N+](C)(C)C)C(=O)[O-]. The van der Waals surface area contributed by atoms with Crippen molar-refractivity contribution < 1.29 is 42.9 Å². The first-order valence-corrected chi connectivity index (χ1v) is 25.1. The molecule has 0 bridgehead atoms. The number of nitrogens with zero attached hydrogens (tertiary/aromatic N) is 1. The first kappa shape index (κ1) is 58.5. The van der Waals surface area contributed by atoms with Gasteiger partial charge >= 0.3 is 11.9 Å². The molecule has 0 N–H and O–H groups in total. The Balaban J connectivity index is 4.38. The Kier molecular flexibility index (Phi) is 42.3. The predicted molar refractivity (Wildman–Crippen MR) is 251 cm³/mol. The van der Waals surface area contributed by atoms with E-state index in [-0.39, 0.29) is 38.6 Å². The van der Waals surface area contributed by atoms with E-state index in [9.17, 15) is 19.5 Å². The first-order chi connectivity index (χ1) is 29.6. The summed E-state index contributed by atoms with van der Waals surface area (Å²) in [6.45, 7) is 4.72. The minimum atomic E-state index is -1.62. The van der Waals surface area contributed by atoms with E-state index in [0.29, 0.717) is 17.4 Å². The smallest absolute Gasteiger partial charge is 0.306 e. The zero-order valence-corrected chi connectivity index (χ0v) is 40.3. The molecular formula is C52H95NO8. The summed E-state index contributed by atoms with van der Waals surface area (Å²) in [5, 5.41) is 11.7. The molecule has 0 aliphatic rings. The summed E-state index contributed by atoms with van der Waals surface area (Å²) in [6.07, 6.45) is 47.4. The van der Waals surface area contributed by atoms with Crippen LogP contribution in [0.15, 0.2) is 36.5 Å². The summed E-state index contributed by atoms with van der Waals surface area (Å²) in [4.78, 5) is 37.1. The second-order valence-electron chi connectivity index (χ2n) is 18.1. The van der Waals surface area contributed by atoms with Gasteiger partial charge in [0.1, 0.15) is 13.2 Å². The molecule has 2 unspecified atom stereocenters. The van der Waals surface area contributed by atoms with E-state index >= 15 is 0 Å². The maximum atomic E-state index is 12.8. The highest BCUT2D eigenvalue weighted by Gasteiger charge is 2.21. The van der Waals surface area contributed by atoms with E-state index in [1.165, 1.54) is 122 Å². The lowest BCUT2D eigenvalue weighted by atomic mass is 10.1. The van der Waals surface area contributed by atoms with Gasteiger partial charge < -0.3 is 33.3 Å². The van der Waals surface area contributed by atoms with Crippen LogP contribution in [0.2, 0.25) is 0 Å². The van der Waals surface area contributed by atoms with Crippen LogP contribution in [0.3, 0.4) is 0 Å². The number of unbranched alkanes of at least 4 members (excludes halogenated alkanes) is 25. The third-order valence-corrected chi connectivity index (χ3v) is 10.9. The molecule has 0 saturated heterocycles. The third kappa shape index (κ3) is 45.4. The molecule has 2 atom stereocenters. The molecule has 0 spiro atoms. The molecule has 0 heterocycles. The molecule has 0 radical (unpaired) electrons. The lowest BCUT2D eigenvalue weighted by Gasteiger charge is -2.26. The minimum Gasteiger partial charge on any atom is -0.545 e. The van der Waals surface area contributed by atoms with Gasteiger partial charge in [-0.1, -0.05) is 172 Å². The maximum absolute atomic E-state index is 12.8. The van der Waals surface area contributed by atoms with Crippen molar-refractivity contribution in [2.24, 2.45) is 0 Å². The largest absolute Gasteiger partial charge is 0.545 e. The molecule has 0 aliphatic heterocycles. The van der Waals surface area contributed by atoms with Crippen LogP contribution in [-0.4, -0.2) is 82.3 Å². The van der Waals surface area contributed by atoms with Gasteiger partial charge in [-0.2, -0.15) is 0 Å². The summed E-state index contributed by atoms with van der Waals surface area (Å²) < 4.78 is 22.6. The minimum absolute atomic E-state index is 0.145. The molecule has 9 nitrogen and oxygen atoms in total. The predicted octanol–water partition coefficient (Wildman–Crippen LogP) is 12.4. The molecule has 0 amide bonds. The van der Waals surface area contributed by atoms with Crippen LogP contribution < -0.4 is 5.11 Å². The quantitative estimate of drug-likeness (QED) is 0.0196. The number of aliphatic carboxylic acids is 1. The second kappa shape index (κ2) is 44.1. The van der Waals surface area contributed by atoms with Gasteiger partial charge in [-0.15, -0.1) is 0 Å². The number of esters is 2.